The van der Waals surface area contributed by atoms with E-state index in [9.17, 15) is 4.79 Å². The summed E-state index contributed by atoms with van der Waals surface area (Å²) in [5.41, 5.74) is 7.74. The van der Waals surface area contributed by atoms with Gasteiger partial charge in [0, 0.05) is 32.2 Å². The van der Waals surface area contributed by atoms with Gasteiger partial charge in [-0.05, 0) is 89.5 Å². The number of ether oxygens (including phenoxy) is 3. The summed E-state index contributed by atoms with van der Waals surface area (Å²) in [5.74, 6) is 2.30. The molecule has 2 N–H and O–H groups in total. The predicted octanol–water partition coefficient (Wildman–Crippen LogP) is 5.90. The first kappa shape index (κ1) is 39.1. The summed E-state index contributed by atoms with van der Waals surface area (Å²) < 4.78 is 15.5. The third-order valence-corrected chi connectivity index (χ3v) is 7.87. The van der Waals surface area contributed by atoms with Gasteiger partial charge < -0.3 is 34.1 Å². The van der Waals surface area contributed by atoms with Crippen LogP contribution in [0.3, 0.4) is 0 Å². The fourth-order valence-electron chi connectivity index (χ4n) is 5.24. The third-order valence-electron chi connectivity index (χ3n) is 7.87. The van der Waals surface area contributed by atoms with Crippen LogP contribution in [-0.4, -0.2) is 77.8 Å². The van der Waals surface area contributed by atoms with Gasteiger partial charge in [0.25, 0.3) is 6.47 Å². The quantitative estimate of drug-likeness (QED) is 0.172. The molecule has 1 aliphatic rings. The van der Waals surface area contributed by atoms with E-state index >= 15 is 0 Å². The van der Waals surface area contributed by atoms with E-state index in [4.69, 9.17) is 19.1 Å². The second-order valence-electron chi connectivity index (χ2n) is 12.1. The second-order valence-corrected chi connectivity index (χ2v) is 12.1. The molecule has 0 radical (unpaired) electrons. The van der Waals surface area contributed by atoms with E-state index in [2.05, 4.69) is 93.8 Å². The van der Waals surface area contributed by atoms with Gasteiger partial charge in [-0.15, -0.1) is 5.48 Å². The number of carbonyl (C=O) groups excluding carboxylic acids is 2. The average molecular weight is 651 g/mol. The average Bonchev–Trinajstić information content (AvgIpc) is 3.09. The molecule has 0 aliphatic carbocycles. The lowest BCUT2D eigenvalue weighted by atomic mass is 10.0. The van der Waals surface area contributed by atoms with Crippen LogP contribution in [0.15, 0.2) is 66.7 Å². The first-order valence-electron chi connectivity index (χ1n) is 15.9. The molecule has 1 unspecified atom stereocenters. The highest BCUT2D eigenvalue weighted by molar-refractivity contribution is 5.62. The van der Waals surface area contributed by atoms with Crippen molar-refractivity contribution in [3.63, 3.8) is 0 Å². The maximum absolute atomic E-state index is 9.60. The molecule has 47 heavy (non-hydrogen) atoms. The summed E-state index contributed by atoms with van der Waals surface area (Å²) in [6, 6.07) is 23.5. The number of nitrogens with zero attached hydrogens (tertiary/aromatic N) is 2. The van der Waals surface area contributed by atoms with Crippen LogP contribution in [0.1, 0.15) is 62.9 Å². The number of para-hydroxylation sites is 1. The molecule has 10 heteroatoms. The van der Waals surface area contributed by atoms with E-state index < -0.39 is 0 Å². The van der Waals surface area contributed by atoms with Gasteiger partial charge >= 0.3 is 0 Å². The van der Waals surface area contributed by atoms with Crippen molar-refractivity contribution in [2.24, 2.45) is 0 Å². The summed E-state index contributed by atoms with van der Waals surface area (Å²) in [6.45, 7) is 17.1. The van der Waals surface area contributed by atoms with Gasteiger partial charge in [-0.1, -0.05) is 48.5 Å². The molecule has 4 rings (SSSR count). The number of anilines is 1. The molecule has 3 aromatic carbocycles. The van der Waals surface area contributed by atoms with Crippen molar-refractivity contribution >= 4 is 18.9 Å². The molecular formula is C37H54N4O6. The lowest BCUT2D eigenvalue weighted by Gasteiger charge is -2.40. The van der Waals surface area contributed by atoms with Gasteiger partial charge in [0.1, 0.15) is 12.4 Å². The number of rotatable bonds is 13. The Balaban J connectivity index is 0.000000756. The van der Waals surface area contributed by atoms with Crippen LogP contribution in [0.5, 0.6) is 17.2 Å². The number of hydrogen-bond donors (Lipinski definition) is 2. The molecule has 1 aliphatic heterocycles. The number of nitrogens with one attached hydrogen (secondary N) is 2. The van der Waals surface area contributed by atoms with Crippen molar-refractivity contribution in [3.05, 3.63) is 83.4 Å². The van der Waals surface area contributed by atoms with Crippen LogP contribution in [0.25, 0.3) is 0 Å². The largest absolute Gasteiger partial charge is 0.493 e. The van der Waals surface area contributed by atoms with Crippen molar-refractivity contribution < 1.29 is 28.6 Å². The molecule has 1 saturated heterocycles. The number of hydroxylamine groups is 1. The zero-order valence-corrected chi connectivity index (χ0v) is 29.4. The van der Waals surface area contributed by atoms with Gasteiger partial charge in [0.15, 0.2) is 17.2 Å². The molecule has 3 aromatic rings. The van der Waals surface area contributed by atoms with Gasteiger partial charge in [-0.25, -0.2) is 0 Å². The Morgan fingerprint density at radius 1 is 0.894 bits per heavy atom. The summed E-state index contributed by atoms with van der Waals surface area (Å²) in [4.78, 5) is 29.0. The number of carbonyl (C=O) groups is 2. The maximum Gasteiger partial charge on any atom is 0.293 e. The molecule has 0 saturated carbocycles. The van der Waals surface area contributed by atoms with Crippen molar-refractivity contribution in [1.82, 2.24) is 15.7 Å². The van der Waals surface area contributed by atoms with Crippen LogP contribution < -0.4 is 30.0 Å². The van der Waals surface area contributed by atoms with Gasteiger partial charge in [-0.2, -0.15) is 0 Å². The molecule has 1 fully saturated rings. The minimum absolute atomic E-state index is 0.0294. The number of hydrogen-bond acceptors (Lipinski definition) is 10. The first-order chi connectivity index (χ1) is 22.6. The minimum atomic E-state index is -0.318. The van der Waals surface area contributed by atoms with Crippen molar-refractivity contribution in [2.75, 3.05) is 58.9 Å². The maximum atomic E-state index is 9.60. The summed E-state index contributed by atoms with van der Waals surface area (Å²) in [7, 11) is 5.28. The molecule has 2 atom stereocenters. The smallest absolute Gasteiger partial charge is 0.293 e. The predicted molar refractivity (Wildman–Crippen MR) is 188 cm³/mol. The molecule has 0 aromatic heterocycles. The van der Waals surface area contributed by atoms with E-state index in [1.807, 2.05) is 46.7 Å². The molecule has 0 amide bonds. The van der Waals surface area contributed by atoms with Crippen molar-refractivity contribution in [3.8, 4) is 17.2 Å². The monoisotopic (exact) mass is 650 g/mol. The Morgan fingerprint density at radius 3 is 2.11 bits per heavy atom. The Kier molecular flexibility index (Phi) is 16.8. The zero-order chi connectivity index (χ0) is 34.8. The normalized spacial score (nSPS) is 14.3. The van der Waals surface area contributed by atoms with Crippen LogP contribution in [0.2, 0.25) is 0 Å². The van der Waals surface area contributed by atoms with Crippen LogP contribution in [0.4, 0.5) is 5.69 Å². The van der Waals surface area contributed by atoms with E-state index in [0.29, 0.717) is 24.0 Å². The standard InChI is InChI=1S/C31H42N4O3.C5H10O2.CH2O/c1-23-10-9-13-28(35-20-18-34(19-21-35)24(2)25-11-7-6-8-12-25)31(23)38-33-27(16-17-32-3)26-14-15-29(36-4)30(22-26)37-5;1-5(2,3)7-4-6;1-2/h6-15,22,24,27,32-33H,16-21H2,1-5H3;4H,1-3H3;1H2/t24-,27?;;/m1../s1. The van der Waals surface area contributed by atoms with Gasteiger partial charge in [0.2, 0.25) is 0 Å². The summed E-state index contributed by atoms with van der Waals surface area (Å²) in [5, 5.41) is 3.25. The molecule has 0 bridgehead atoms. The number of benzene rings is 3. The first-order valence-corrected chi connectivity index (χ1v) is 15.9. The molecule has 10 nitrogen and oxygen atoms in total. The lowest BCUT2D eigenvalue weighted by molar-refractivity contribution is -0.138. The highest BCUT2D eigenvalue weighted by atomic mass is 16.6. The SMILES string of the molecule is C=O.CC(C)(C)OC=O.CNCCC(NOc1c(C)cccc1N1CCN([C@H](C)c2ccccc2)CC1)c1ccc(OC)c(OC)c1. The Bertz CT molecular complexity index is 1330. The lowest BCUT2D eigenvalue weighted by Crippen LogP contribution is -2.47. The number of aryl methyl sites for hydroxylation is 1. The second kappa shape index (κ2) is 20.2. The molecule has 258 valence electrons. The minimum Gasteiger partial charge on any atom is -0.493 e. The fraction of sp³-hybridized carbons (Fsp3) is 0.459. The highest BCUT2D eigenvalue weighted by Gasteiger charge is 2.25. The fourth-order valence-corrected chi connectivity index (χ4v) is 5.24. The Labute approximate surface area is 281 Å². The van der Waals surface area contributed by atoms with Crippen LogP contribution >= 0.6 is 0 Å². The molecule has 0 spiro atoms. The van der Waals surface area contributed by atoms with E-state index in [-0.39, 0.29) is 11.6 Å². The number of methoxy groups -OCH3 is 2. The Hall–Kier alpha value is -4.12. The van der Waals surface area contributed by atoms with Gasteiger partial charge in [-0.3, -0.25) is 9.69 Å². The van der Waals surface area contributed by atoms with E-state index in [1.165, 1.54) is 5.56 Å². The summed E-state index contributed by atoms with van der Waals surface area (Å²) >= 11 is 0. The molecule has 1 heterocycles. The Morgan fingerprint density at radius 2 is 1.55 bits per heavy atom. The number of piperazine rings is 1. The van der Waals surface area contributed by atoms with E-state index in [1.54, 1.807) is 14.2 Å². The topological polar surface area (TPSA) is 102 Å². The molecular weight excluding hydrogens is 596 g/mol. The van der Waals surface area contributed by atoms with Crippen molar-refractivity contribution in [1.29, 1.82) is 0 Å². The third kappa shape index (κ3) is 12.2. The summed E-state index contributed by atoms with van der Waals surface area (Å²) in [6.07, 6.45) is 0.850. The van der Waals surface area contributed by atoms with Crippen molar-refractivity contribution in [2.45, 2.75) is 58.7 Å². The highest BCUT2D eigenvalue weighted by Crippen LogP contribution is 2.35. The van der Waals surface area contributed by atoms with Crippen LogP contribution in [-0.2, 0) is 14.3 Å². The van der Waals surface area contributed by atoms with Crippen LogP contribution in [0, 0.1) is 6.92 Å². The zero-order valence-electron chi connectivity index (χ0n) is 29.4. The van der Waals surface area contributed by atoms with E-state index in [0.717, 1.165) is 61.7 Å². The van der Waals surface area contributed by atoms with Gasteiger partial charge in [0.05, 0.1) is 25.9 Å².